The number of furan rings is 1. The summed E-state index contributed by atoms with van der Waals surface area (Å²) in [7, 11) is 0. The minimum Gasteiger partial charge on any atom is -0.461 e. The second kappa shape index (κ2) is 7.51. The van der Waals surface area contributed by atoms with Crippen molar-refractivity contribution in [3.05, 3.63) is 36.1 Å². The molecule has 124 valence electrons. The zero-order chi connectivity index (χ0) is 16.1. The Morgan fingerprint density at radius 1 is 1.22 bits per heavy atom. The van der Waals surface area contributed by atoms with E-state index < -0.39 is 0 Å². The lowest BCUT2D eigenvalue weighted by Gasteiger charge is -2.27. The Morgan fingerprint density at radius 2 is 2.00 bits per heavy atom. The number of aliphatic hydroxyl groups is 1. The second-order valence-corrected chi connectivity index (χ2v) is 6.30. The van der Waals surface area contributed by atoms with Crippen LogP contribution in [0.4, 0.5) is 4.79 Å². The maximum Gasteiger partial charge on any atom is 0.315 e. The van der Waals surface area contributed by atoms with Gasteiger partial charge in [0.05, 0.1) is 0 Å². The number of urea groups is 1. The zero-order valence-corrected chi connectivity index (χ0v) is 13.3. The molecule has 2 amide bonds. The van der Waals surface area contributed by atoms with E-state index in [1.54, 1.807) is 0 Å². The maximum atomic E-state index is 11.9. The van der Waals surface area contributed by atoms with E-state index in [1.807, 2.05) is 30.3 Å². The number of rotatable bonds is 5. The third kappa shape index (κ3) is 4.26. The molecule has 1 aromatic carbocycles. The van der Waals surface area contributed by atoms with Crippen LogP contribution in [0, 0.1) is 5.92 Å². The molecule has 1 aromatic heterocycles. The third-order valence-corrected chi connectivity index (χ3v) is 4.57. The minimum absolute atomic E-state index is 0.117. The average molecular weight is 316 g/mol. The summed E-state index contributed by atoms with van der Waals surface area (Å²) in [6, 6.07) is 10.0. The summed E-state index contributed by atoms with van der Waals surface area (Å²) in [5.74, 6) is 1.29. The SMILES string of the molecule is O=C(NCCc1cc2ccccc2o1)NC1CCC(CO)CC1. The Balaban J connectivity index is 1.39. The van der Waals surface area contributed by atoms with Crippen LogP contribution in [0.15, 0.2) is 34.7 Å². The standard InChI is InChI=1S/C18H24N2O3/c21-12-13-5-7-15(8-6-13)20-18(22)19-10-9-16-11-14-3-1-2-4-17(14)23-16/h1-4,11,13,15,21H,5-10,12H2,(H2,19,20,22). The molecule has 1 aliphatic rings. The fourth-order valence-corrected chi connectivity index (χ4v) is 3.19. The molecule has 1 saturated carbocycles. The topological polar surface area (TPSA) is 74.5 Å². The van der Waals surface area contributed by atoms with E-state index in [-0.39, 0.29) is 18.7 Å². The van der Waals surface area contributed by atoms with Gasteiger partial charge in [-0.1, -0.05) is 18.2 Å². The molecule has 1 aliphatic carbocycles. The fraction of sp³-hybridized carbons (Fsp3) is 0.500. The van der Waals surface area contributed by atoms with Gasteiger partial charge in [0.1, 0.15) is 11.3 Å². The van der Waals surface area contributed by atoms with Crippen LogP contribution >= 0.6 is 0 Å². The molecule has 2 aromatic rings. The molecule has 0 atom stereocenters. The third-order valence-electron chi connectivity index (χ3n) is 4.57. The number of amides is 2. The fourth-order valence-electron chi connectivity index (χ4n) is 3.19. The van der Waals surface area contributed by atoms with Crippen molar-refractivity contribution in [1.82, 2.24) is 10.6 Å². The first-order chi connectivity index (χ1) is 11.2. The maximum absolute atomic E-state index is 11.9. The summed E-state index contributed by atoms with van der Waals surface area (Å²) in [4.78, 5) is 11.9. The summed E-state index contributed by atoms with van der Waals surface area (Å²) in [6.07, 6.45) is 4.55. The highest BCUT2D eigenvalue weighted by atomic mass is 16.3. The molecule has 5 nitrogen and oxygen atoms in total. The molecule has 0 bridgehead atoms. The van der Waals surface area contributed by atoms with Crippen LogP contribution in [0.1, 0.15) is 31.4 Å². The van der Waals surface area contributed by atoms with Crippen LogP contribution in [0.3, 0.4) is 0 Å². The van der Waals surface area contributed by atoms with E-state index in [4.69, 9.17) is 9.52 Å². The highest BCUT2D eigenvalue weighted by Crippen LogP contribution is 2.23. The summed E-state index contributed by atoms with van der Waals surface area (Å²) in [5, 5.41) is 16.1. The number of hydrogen-bond acceptors (Lipinski definition) is 3. The predicted molar refractivity (Wildman–Crippen MR) is 89.3 cm³/mol. The smallest absolute Gasteiger partial charge is 0.315 e. The van der Waals surface area contributed by atoms with E-state index in [2.05, 4.69) is 10.6 Å². The largest absolute Gasteiger partial charge is 0.461 e. The predicted octanol–water partition coefficient (Wildman–Crippen LogP) is 2.83. The number of fused-ring (bicyclic) bond motifs is 1. The molecule has 3 N–H and O–H groups in total. The molecule has 0 saturated heterocycles. The van der Waals surface area contributed by atoms with Crippen molar-refractivity contribution in [2.75, 3.05) is 13.2 Å². The van der Waals surface area contributed by atoms with E-state index in [9.17, 15) is 4.79 Å². The van der Waals surface area contributed by atoms with Crippen molar-refractivity contribution in [2.45, 2.75) is 38.1 Å². The van der Waals surface area contributed by atoms with Gasteiger partial charge in [0.2, 0.25) is 0 Å². The Kier molecular flexibility index (Phi) is 5.18. The number of carbonyl (C=O) groups is 1. The number of nitrogens with one attached hydrogen (secondary N) is 2. The van der Waals surface area contributed by atoms with Crippen LogP contribution in [-0.2, 0) is 6.42 Å². The van der Waals surface area contributed by atoms with Gasteiger partial charge in [-0.2, -0.15) is 0 Å². The molecule has 5 heteroatoms. The molecule has 0 aliphatic heterocycles. The van der Waals surface area contributed by atoms with Crippen molar-refractivity contribution < 1.29 is 14.3 Å². The molecule has 0 radical (unpaired) electrons. The van der Waals surface area contributed by atoms with Gasteiger partial charge in [-0.3, -0.25) is 0 Å². The Labute approximate surface area is 136 Å². The Morgan fingerprint density at radius 3 is 2.74 bits per heavy atom. The van der Waals surface area contributed by atoms with Crippen molar-refractivity contribution in [2.24, 2.45) is 5.92 Å². The van der Waals surface area contributed by atoms with Gasteiger partial charge in [-0.25, -0.2) is 4.79 Å². The number of para-hydroxylation sites is 1. The number of aliphatic hydroxyl groups excluding tert-OH is 1. The lowest BCUT2D eigenvalue weighted by atomic mass is 9.87. The van der Waals surface area contributed by atoms with Gasteiger partial charge < -0.3 is 20.2 Å². The molecule has 1 fully saturated rings. The van der Waals surface area contributed by atoms with Gasteiger partial charge in [-0.15, -0.1) is 0 Å². The molecule has 1 heterocycles. The number of benzene rings is 1. The summed E-state index contributed by atoms with van der Waals surface area (Å²) >= 11 is 0. The first kappa shape index (κ1) is 15.9. The van der Waals surface area contributed by atoms with Crippen molar-refractivity contribution in [3.8, 4) is 0 Å². The lowest BCUT2D eigenvalue weighted by Crippen LogP contribution is -2.44. The van der Waals surface area contributed by atoms with Crippen molar-refractivity contribution in [1.29, 1.82) is 0 Å². The highest BCUT2D eigenvalue weighted by Gasteiger charge is 2.21. The molecule has 3 rings (SSSR count). The summed E-state index contributed by atoms with van der Waals surface area (Å²) in [6.45, 7) is 0.814. The van der Waals surface area contributed by atoms with Crippen molar-refractivity contribution in [3.63, 3.8) is 0 Å². The van der Waals surface area contributed by atoms with Crippen LogP contribution in [0.2, 0.25) is 0 Å². The van der Waals surface area contributed by atoms with Gasteiger partial charge in [-0.05, 0) is 43.7 Å². The van der Waals surface area contributed by atoms with Gasteiger partial charge >= 0.3 is 6.03 Å². The molecule has 0 unspecified atom stereocenters. The Hall–Kier alpha value is -2.01. The van der Waals surface area contributed by atoms with E-state index in [0.717, 1.165) is 42.4 Å². The van der Waals surface area contributed by atoms with E-state index in [1.165, 1.54) is 0 Å². The van der Waals surface area contributed by atoms with E-state index >= 15 is 0 Å². The van der Waals surface area contributed by atoms with E-state index in [0.29, 0.717) is 18.9 Å². The number of carbonyl (C=O) groups excluding carboxylic acids is 1. The average Bonchev–Trinajstić information content (AvgIpc) is 2.98. The Bertz CT molecular complexity index is 612. The summed E-state index contributed by atoms with van der Waals surface area (Å²) < 4.78 is 5.73. The summed E-state index contributed by atoms with van der Waals surface area (Å²) in [5.41, 5.74) is 0.882. The first-order valence-electron chi connectivity index (χ1n) is 8.37. The molecule has 0 spiro atoms. The molecule has 23 heavy (non-hydrogen) atoms. The van der Waals surface area contributed by atoms with Gasteiger partial charge in [0.15, 0.2) is 0 Å². The lowest BCUT2D eigenvalue weighted by molar-refractivity contribution is 0.174. The zero-order valence-electron chi connectivity index (χ0n) is 13.3. The number of hydrogen-bond donors (Lipinski definition) is 3. The first-order valence-corrected chi connectivity index (χ1v) is 8.37. The second-order valence-electron chi connectivity index (χ2n) is 6.30. The minimum atomic E-state index is -0.117. The van der Waals surface area contributed by atoms with Crippen LogP contribution < -0.4 is 10.6 Å². The highest BCUT2D eigenvalue weighted by molar-refractivity contribution is 5.77. The van der Waals surface area contributed by atoms with Crippen LogP contribution in [0.25, 0.3) is 11.0 Å². The van der Waals surface area contributed by atoms with Gasteiger partial charge in [0.25, 0.3) is 0 Å². The van der Waals surface area contributed by atoms with Crippen LogP contribution in [-0.4, -0.2) is 30.3 Å². The van der Waals surface area contributed by atoms with Gasteiger partial charge in [0, 0.05) is 31.0 Å². The normalized spacial score (nSPS) is 21.3. The van der Waals surface area contributed by atoms with Crippen LogP contribution in [0.5, 0.6) is 0 Å². The van der Waals surface area contributed by atoms with Crippen molar-refractivity contribution >= 4 is 17.0 Å². The quantitative estimate of drug-likeness (QED) is 0.794. The monoisotopic (exact) mass is 316 g/mol. The molecular formula is C18H24N2O3. The molecular weight excluding hydrogens is 292 g/mol.